The summed E-state index contributed by atoms with van der Waals surface area (Å²) >= 11 is 1.92. The van der Waals surface area contributed by atoms with Crippen molar-refractivity contribution in [3.05, 3.63) is 35.4 Å². The van der Waals surface area contributed by atoms with Crippen LogP contribution in [-0.4, -0.2) is 17.5 Å². The minimum absolute atomic E-state index is 0.144. The maximum absolute atomic E-state index is 13.6. The normalized spacial score (nSPS) is 22.4. The van der Waals surface area contributed by atoms with Crippen molar-refractivity contribution in [1.29, 1.82) is 0 Å². The van der Waals surface area contributed by atoms with Crippen LogP contribution in [0, 0.1) is 11.6 Å². The van der Waals surface area contributed by atoms with E-state index >= 15 is 0 Å². The van der Waals surface area contributed by atoms with Crippen LogP contribution in [0.5, 0.6) is 0 Å². The molecule has 1 aliphatic heterocycles. The van der Waals surface area contributed by atoms with Crippen LogP contribution >= 0.6 is 11.8 Å². The lowest BCUT2D eigenvalue weighted by Gasteiger charge is -2.26. The first-order valence-electron chi connectivity index (χ1n) is 5.96. The topological polar surface area (TPSA) is 12.0 Å². The summed E-state index contributed by atoms with van der Waals surface area (Å²) in [6.45, 7) is 1.89. The number of rotatable bonds is 3. The van der Waals surface area contributed by atoms with E-state index in [0.29, 0.717) is 11.6 Å². The number of thioether (sulfide) groups is 1. The molecule has 1 aromatic carbocycles. The molecule has 0 amide bonds. The van der Waals surface area contributed by atoms with Crippen LogP contribution in [0.25, 0.3) is 0 Å². The largest absolute Gasteiger partial charge is 0.307 e. The molecule has 0 saturated carbocycles. The molecule has 94 valence electrons. The third kappa shape index (κ3) is 3.19. The van der Waals surface area contributed by atoms with E-state index in [1.54, 1.807) is 12.1 Å². The zero-order valence-corrected chi connectivity index (χ0v) is 10.7. The number of hydrogen-bond donors (Lipinski definition) is 1. The van der Waals surface area contributed by atoms with Gasteiger partial charge in [-0.25, -0.2) is 8.78 Å². The van der Waals surface area contributed by atoms with E-state index in [2.05, 4.69) is 5.32 Å². The molecule has 0 aromatic heterocycles. The number of benzene rings is 1. The van der Waals surface area contributed by atoms with Gasteiger partial charge >= 0.3 is 0 Å². The molecule has 2 rings (SSSR count). The monoisotopic (exact) mass is 257 g/mol. The SMILES string of the molecule is CC(NC1CCCSC1)c1cccc(F)c1F. The third-order valence-electron chi connectivity index (χ3n) is 3.09. The molecule has 0 radical (unpaired) electrons. The van der Waals surface area contributed by atoms with Crippen LogP contribution in [0.15, 0.2) is 18.2 Å². The average molecular weight is 257 g/mol. The van der Waals surface area contributed by atoms with Gasteiger partial charge in [0.15, 0.2) is 11.6 Å². The summed E-state index contributed by atoms with van der Waals surface area (Å²) in [5.74, 6) is 0.771. The van der Waals surface area contributed by atoms with Crippen molar-refractivity contribution in [2.75, 3.05) is 11.5 Å². The summed E-state index contributed by atoms with van der Waals surface area (Å²) < 4.78 is 26.7. The molecule has 1 N–H and O–H groups in total. The second-order valence-electron chi connectivity index (χ2n) is 4.45. The quantitative estimate of drug-likeness (QED) is 0.889. The Morgan fingerprint density at radius 2 is 2.24 bits per heavy atom. The van der Waals surface area contributed by atoms with Gasteiger partial charge in [-0.2, -0.15) is 11.8 Å². The van der Waals surface area contributed by atoms with E-state index in [9.17, 15) is 8.78 Å². The van der Waals surface area contributed by atoms with Gasteiger partial charge in [-0.15, -0.1) is 0 Å². The van der Waals surface area contributed by atoms with Gasteiger partial charge in [-0.1, -0.05) is 12.1 Å². The van der Waals surface area contributed by atoms with Gasteiger partial charge in [0.1, 0.15) is 0 Å². The highest BCUT2D eigenvalue weighted by Crippen LogP contribution is 2.23. The molecule has 17 heavy (non-hydrogen) atoms. The Kier molecular flexibility index (Phi) is 4.40. The highest BCUT2D eigenvalue weighted by molar-refractivity contribution is 7.99. The van der Waals surface area contributed by atoms with Crippen molar-refractivity contribution in [2.24, 2.45) is 0 Å². The van der Waals surface area contributed by atoms with Gasteiger partial charge in [0.05, 0.1) is 0 Å². The van der Waals surface area contributed by atoms with Crippen molar-refractivity contribution in [1.82, 2.24) is 5.32 Å². The van der Waals surface area contributed by atoms with Crippen molar-refractivity contribution >= 4 is 11.8 Å². The Morgan fingerprint density at radius 1 is 1.41 bits per heavy atom. The lowest BCUT2D eigenvalue weighted by Crippen LogP contribution is -2.36. The molecule has 1 aromatic rings. The summed E-state index contributed by atoms with van der Waals surface area (Å²) in [5.41, 5.74) is 0.417. The Morgan fingerprint density at radius 3 is 2.94 bits per heavy atom. The lowest BCUT2D eigenvalue weighted by molar-refractivity contribution is 0.427. The number of halogens is 2. The van der Waals surface area contributed by atoms with E-state index in [1.165, 1.54) is 12.2 Å². The summed E-state index contributed by atoms with van der Waals surface area (Å²) in [5, 5.41) is 3.38. The van der Waals surface area contributed by atoms with Crippen molar-refractivity contribution in [3.8, 4) is 0 Å². The van der Waals surface area contributed by atoms with Gasteiger partial charge in [-0.3, -0.25) is 0 Å². The average Bonchev–Trinajstić information content (AvgIpc) is 2.34. The van der Waals surface area contributed by atoms with Gasteiger partial charge < -0.3 is 5.32 Å². The molecule has 1 saturated heterocycles. The first-order chi connectivity index (χ1) is 8.18. The Labute approximate surface area is 105 Å². The molecule has 0 spiro atoms. The third-order valence-corrected chi connectivity index (χ3v) is 4.31. The van der Waals surface area contributed by atoms with E-state index < -0.39 is 11.6 Å². The fourth-order valence-electron chi connectivity index (χ4n) is 2.17. The van der Waals surface area contributed by atoms with E-state index in [0.717, 1.165) is 18.2 Å². The molecular formula is C13H17F2NS. The van der Waals surface area contributed by atoms with Crippen molar-refractivity contribution < 1.29 is 8.78 Å². The Bertz CT molecular complexity index is 378. The van der Waals surface area contributed by atoms with E-state index in [-0.39, 0.29) is 6.04 Å². The molecule has 4 heteroatoms. The van der Waals surface area contributed by atoms with Gasteiger partial charge in [0, 0.05) is 23.4 Å². The maximum atomic E-state index is 13.6. The molecule has 0 aliphatic carbocycles. The zero-order valence-electron chi connectivity index (χ0n) is 9.88. The lowest BCUT2D eigenvalue weighted by atomic mass is 10.1. The molecule has 1 aliphatic rings. The Balaban J connectivity index is 2.03. The van der Waals surface area contributed by atoms with Crippen LogP contribution in [0.2, 0.25) is 0 Å². The van der Waals surface area contributed by atoms with Crippen molar-refractivity contribution in [2.45, 2.75) is 31.8 Å². The molecule has 1 nitrogen and oxygen atoms in total. The van der Waals surface area contributed by atoms with E-state index in [4.69, 9.17) is 0 Å². The van der Waals surface area contributed by atoms with Crippen LogP contribution in [0.1, 0.15) is 31.4 Å². The first kappa shape index (κ1) is 12.8. The molecule has 1 heterocycles. The summed E-state index contributed by atoms with van der Waals surface area (Å²) in [6.07, 6.45) is 2.31. The smallest absolute Gasteiger partial charge is 0.163 e. The predicted octanol–water partition coefficient (Wildman–Crippen LogP) is 3.51. The predicted molar refractivity (Wildman–Crippen MR) is 68.3 cm³/mol. The van der Waals surface area contributed by atoms with Crippen molar-refractivity contribution in [3.63, 3.8) is 0 Å². The summed E-state index contributed by atoms with van der Waals surface area (Å²) in [4.78, 5) is 0. The molecule has 2 unspecified atom stereocenters. The van der Waals surface area contributed by atoms with Gasteiger partial charge in [0.25, 0.3) is 0 Å². The second-order valence-corrected chi connectivity index (χ2v) is 5.60. The highest BCUT2D eigenvalue weighted by atomic mass is 32.2. The van der Waals surface area contributed by atoms with Gasteiger partial charge in [0.2, 0.25) is 0 Å². The molecule has 1 fully saturated rings. The first-order valence-corrected chi connectivity index (χ1v) is 7.11. The zero-order chi connectivity index (χ0) is 12.3. The van der Waals surface area contributed by atoms with E-state index in [1.807, 2.05) is 18.7 Å². The number of nitrogens with one attached hydrogen (secondary N) is 1. The fraction of sp³-hybridized carbons (Fsp3) is 0.538. The minimum atomic E-state index is -0.769. The van der Waals surface area contributed by atoms with Crippen LogP contribution in [0.3, 0.4) is 0 Å². The second kappa shape index (κ2) is 5.83. The van der Waals surface area contributed by atoms with Crippen LogP contribution in [0.4, 0.5) is 8.78 Å². The molecule has 0 bridgehead atoms. The number of hydrogen-bond acceptors (Lipinski definition) is 2. The highest BCUT2D eigenvalue weighted by Gasteiger charge is 2.19. The Hall–Kier alpha value is -0.610. The van der Waals surface area contributed by atoms with Crippen LogP contribution in [-0.2, 0) is 0 Å². The fourth-order valence-corrected chi connectivity index (χ4v) is 3.26. The van der Waals surface area contributed by atoms with Crippen LogP contribution < -0.4 is 5.32 Å². The minimum Gasteiger partial charge on any atom is -0.307 e. The summed E-state index contributed by atoms with van der Waals surface area (Å²) in [7, 11) is 0. The standard InChI is InChI=1S/C13H17F2NS/c1-9(16-10-4-3-7-17-8-10)11-5-2-6-12(14)13(11)15/h2,5-6,9-10,16H,3-4,7-8H2,1H3. The maximum Gasteiger partial charge on any atom is 0.163 e. The van der Waals surface area contributed by atoms with Gasteiger partial charge in [-0.05, 0) is 31.6 Å². The molecular weight excluding hydrogens is 240 g/mol. The molecule has 2 atom stereocenters. The summed E-state index contributed by atoms with van der Waals surface area (Å²) in [6, 6.07) is 4.62.